The van der Waals surface area contributed by atoms with E-state index in [-0.39, 0.29) is 5.56 Å². The van der Waals surface area contributed by atoms with E-state index in [1.807, 2.05) is 30.3 Å². The molecule has 0 bridgehead atoms. The lowest BCUT2D eigenvalue weighted by Gasteiger charge is -2.03. The molecule has 0 saturated heterocycles. The van der Waals surface area contributed by atoms with Gasteiger partial charge in [0.2, 0.25) is 0 Å². The van der Waals surface area contributed by atoms with Gasteiger partial charge in [0, 0.05) is 11.4 Å². The van der Waals surface area contributed by atoms with Gasteiger partial charge in [0.1, 0.15) is 5.82 Å². The van der Waals surface area contributed by atoms with Crippen molar-refractivity contribution in [2.45, 2.75) is 6.42 Å². The Labute approximate surface area is 114 Å². The second-order valence-corrected chi connectivity index (χ2v) is 4.77. The molecule has 19 heavy (non-hydrogen) atoms. The van der Waals surface area contributed by atoms with Crippen LogP contribution >= 0.6 is 11.6 Å². The van der Waals surface area contributed by atoms with E-state index in [2.05, 4.69) is 9.97 Å². The summed E-state index contributed by atoms with van der Waals surface area (Å²) in [5.74, 6) is 0.658. The molecule has 0 fully saturated rings. The van der Waals surface area contributed by atoms with E-state index in [0.717, 1.165) is 5.56 Å². The largest absolute Gasteiger partial charge is 0.310 e. The number of benzene rings is 2. The van der Waals surface area contributed by atoms with Gasteiger partial charge in [-0.3, -0.25) is 4.79 Å². The molecule has 2 aromatic carbocycles. The predicted molar refractivity (Wildman–Crippen MR) is 76.6 cm³/mol. The highest BCUT2D eigenvalue weighted by Gasteiger charge is 2.05. The van der Waals surface area contributed by atoms with Gasteiger partial charge in [-0.05, 0) is 23.8 Å². The van der Waals surface area contributed by atoms with E-state index >= 15 is 0 Å². The van der Waals surface area contributed by atoms with Crippen molar-refractivity contribution < 1.29 is 0 Å². The van der Waals surface area contributed by atoms with Crippen LogP contribution in [0.3, 0.4) is 0 Å². The molecule has 0 radical (unpaired) electrons. The first kappa shape index (κ1) is 11.9. The van der Waals surface area contributed by atoms with Crippen LogP contribution in [0, 0.1) is 0 Å². The molecule has 0 aliphatic rings. The molecule has 3 rings (SSSR count). The molecule has 0 atom stereocenters. The molecule has 1 N–H and O–H groups in total. The molecule has 0 saturated carbocycles. The van der Waals surface area contributed by atoms with Gasteiger partial charge in [-0.1, -0.05) is 41.9 Å². The zero-order valence-corrected chi connectivity index (χ0v) is 10.8. The second-order valence-electron chi connectivity index (χ2n) is 4.34. The van der Waals surface area contributed by atoms with Gasteiger partial charge < -0.3 is 4.98 Å². The van der Waals surface area contributed by atoms with Crippen LogP contribution in [0.15, 0.2) is 53.3 Å². The lowest BCUT2D eigenvalue weighted by atomic mass is 10.1. The molecule has 3 nitrogen and oxygen atoms in total. The van der Waals surface area contributed by atoms with Crippen molar-refractivity contribution in [1.82, 2.24) is 9.97 Å². The minimum absolute atomic E-state index is 0.154. The molecule has 4 heteroatoms. The first-order chi connectivity index (χ1) is 9.22. The van der Waals surface area contributed by atoms with Crippen LogP contribution < -0.4 is 5.56 Å². The molecule has 0 aliphatic heterocycles. The third-order valence-electron chi connectivity index (χ3n) is 2.93. The third kappa shape index (κ3) is 2.51. The number of H-pyrrole nitrogens is 1. The Morgan fingerprint density at radius 3 is 2.68 bits per heavy atom. The maximum atomic E-state index is 12.0. The normalized spacial score (nSPS) is 10.8. The number of aromatic nitrogens is 2. The summed E-state index contributed by atoms with van der Waals surface area (Å²) < 4.78 is 0. The monoisotopic (exact) mass is 270 g/mol. The van der Waals surface area contributed by atoms with Gasteiger partial charge >= 0.3 is 0 Å². The summed E-state index contributed by atoms with van der Waals surface area (Å²) in [6, 6.07) is 15.0. The summed E-state index contributed by atoms with van der Waals surface area (Å²) in [5.41, 5.74) is 1.62. The quantitative estimate of drug-likeness (QED) is 0.777. The van der Waals surface area contributed by atoms with E-state index in [1.165, 1.54) is 0 Å². The second kappa shape index (κ2) is 4.86. The molecule has 94 valence electrons. The number of hydrogen-bond acceptors (Lipinski definition) is 2. The van der Waals surface area contributed by atoms with Crippen molar-refractivity contribution in [2.24, 2.45) is 0 Å². The Morgan fingerprint density at radius 1 is 1.11 bits per heavy atom. The summed E-state index contributed by atoms with van der Waals surface area (Å²) in [6.07, 6.45) is 0.606. The van der Waals surface area contributed by atoms with Crippen molar-refractivity contribution in [3.8, 4) is 0 Å². The zero-order valence-electron chi connectivity index (χ0n) is 10.1. The van der Waals surface area contributed by atoms with Crippen molar-refractivity contribution >= 4 is 22.5 Å². The first-order valence-corrected chi connectivity index (χ1v) is 6.32. The van der Waals surface area contributed by atoms with Gasteiger partial charge in [0.15, 0.2) is 0 Å². The molecule has 0 aliphatic carbocycles. The van der Waals surface area contributed by atoms with Crippen LogP contribution in [0.5, 0.6) is 0 Å². The highest BCUT2D eigenvalue weighted by molar-refractivity contribution is 6.31. The lowest BCUT2D eigenvalue weighted by Crippen LogP contribution is -2.12. The molecule has 0 amide bonds. The molecule has 1 aromatic heterocycles. The number of nitrogens with zero attached hydrogens (tertiary/aromatic N) is 1. The van der Waals surface area contributed by atoms with Gasteiger partial charge in [-0.15, -0.1) is 0 Å². The van der Waals surface area contributed by atoms with E-state index in [0.29, 0.717) is 28.2 Å². The fraction of sp³-hybridized carbons (Fsp3) is 0.0667. The molecule has 0 unspecified atom stereocenters. The Bertz CT molecular complexity index is 781. The van der Waals surface area contributed by atoms with Crippen molar-refractivity contribution in [2.75, 3.05) is 0 Å². The fourth-order valence-electron chi connectivity index (χ4n) is 2.03. The predicted octanol–water partition coefficient (Wildman–Crippen LogP) is 3.17. The number of aromatic amines is 1. The number of halogens is 1. The van der Waals surface area contributed by atoms with Gasteiger partial charge in [0.25, 0.3) is 5.56 Å². The summed E-state index contributed by atoms with van der Waals surface area (Å²) in [5, 5.41) is 1.06. The first-order valence-electron chi connectivity index (χ1n) is 5.95. The number of nitrogens with one attached hydrogen (secondary N) is 1. The topological polar surface area (TPSA) is 45.8 Å². The maximum absolute atomic E-state index is 12.0. The highest BCUT2D eigenvalue weighted by atomic mass is 35.5. The Hall–Kier alpha value is -2.13. The molecule has 1 heterocycles. The Balaban J connectivity index is 2.07. The van der Waals surface area contributed by atoms with E-state index in [4.69, 9.17) is 11.6 Å². The molecule has 3 aromatic rings. The third-order valence-corrected chi connectivity index (χ3v) is 3.17. The smallest absolute Gasteiger partial charge is 0.258 e. The van der Waals surface area contributed by atoms with Crippen LogP contribution in [-0.4, -0.2) is 9.97 Å². The summed E-state index contributed by atoms with van der Waals surface area (Å²) in [6.45, 7) is 0. The van der Waals surface area contributed by atoms with Crippen LogP contribution in [-0.2, 0) is 6.42 Å². The molecular weight excluding hydrogens is 260 g/mol. The SMILES string of the molecule is O=c1[nH]c(Cc2ccccc2)nc2ccc(Cl)cc12. The van der Waals surface area contributed by atoms with Gasteiger partial charge in [-0.25, -0.2) is 4.98 Å². The van der Waals surface area contributed by atoms with Crippen LogP contribution in [0.25, 0.3) is 10.9 Å². The summed E-state index contributed by atoms with van der Waals surface area (Å²) in [7, 11) is 0. The summed E-state index contributed by atoms with van der Waals surface area (Å²) in [4.78, 5) is 19.2. The van der Waals surface area contributed by atoms with Gasteiger partial charge in [0.05, 0.1) is 10.9 Å². The van der Waals surface area contributed by atoms with Crippen LogP contribution in [0.1, 0.15) is 11.4 Å². The fourth-order valence-corrected chi connectivity index (χ4v) is 2.20. The zero-order chi connectivity index (χ0) is 13.2. The van der Waals surface area contributed by atoms with Crippen LogP contribution in [0.2, 0.25) is 5.02 Å². The highest BCUT2D eigenvalue weighted by Crippen LogP contribution is 2.15. The molecular formula is C15H11ClN2O. The lowest BCUT2D eigenvalue weighted by molar-refractivity contribution is 0.973. The average molecular weight is 271 g/mol. The minimum Gasteiger partial charge on any atom is -0.310 e. The number of fused-ring (bicyclic) bond motifs is 1. The van der Waals surface area contributed by atoms with Crippen molar-refractivity contribution in [3.05, 3.63) is 75.3 Å². The molecule has 0 spiro atoms. The van der Waals surface area contributed by atoms with E-state index in [1.54, 1.807) is 18.2 Å². The minimum atomic E-state index is -0.154. The van der Waals surface area contributed by atoms with E-state index in [9.17, 15) is 4.79 Å². The number of rotatable bonds is 2. The van der Waals surface area contributed by atoms with Crippen LogP contribution in [0.4, 0.5) is 0 Å². The van der Waals surface area contributed by atoms with Gasteiger partial charge in [-0.2, -0.15) is 0 Å². The maximum Gasteiger partial charge on any atom is 0.258 e. The average Bonchev–Trinajstić information content (AvgIpc) is 2.41. The number of hydrogen-bond donors (Lipinski definition) is 1. The Kier molecular flexibility index (Phi) is 3.05. The summed E-state index contributed by atoms with van der Waals surface area (Å²) >= 11 is 5.88. The van der Waals surface area contributed by atoms with Crippen molar-refractivity contribution in [1.29, 1.82) is 0 Å². The van der Waals surface area contributed by atoms with E-state index < -0.39 is 0 Å². The van der Waals surface area contributed by atoms with Crippen molar-refractivity contribution in [3.63, 3.8) is 0 Å². The standard InChI is InChI=1S/C15H11ClN2O/c16-11-6-7-13-12(9-11)15(19)18-14(17-13)8-10-4-2-1-3-5-10/h1-7,9H,8H2,(H,17,18,19). The Morgan fingerprint density at radius 2 is 1.89 bits per heavy atom.